The van der Waals surface area contributed by atoms with Crippen LogP contribution >= 0.6 is 0 Å². The van der Waals surface area contributed by atoms with Gasteiger partial charge in [-0.2, -0.15) is 0 Å². The molecule has 26 heavy (non-hydrogen) atoms. The summed E-state index contributed by atoms with van der Waals surface area (Å²) in [5.41, 5.74) is 3.86. The van der Waals surface area contributed by atoms with Crippen LogP contribution in [0.2, 0.25) is 0 Å². The molecule has 0 saturated carbocycles. The van der Waals surface area contributed by atoms with Crippen LogP contribution in [0.1, 0.15) is 21.6 Å². The van der Waals surface area contributed by atoms with Crippen LogP contribution in [-0.4, -0.2) is 25.7 Å². The molecule has 1 aliphatic rings. The number of carbonyl (C=O) groups excluding carboxylic acids is 1. The van der Waals surface area contributed by atoms with E-state index in [4.69, 9.17) is 0 Å². The Morgan fingerprint density at radius 3 is 2.54 bits per heavy atom. The monoisotopic (exact) mass is 341 g/mol. The van der Waals surface area contributed by atoms with Crippen molar-refractivity contribution in [1.29, 1.82) is 0 Å². The van der Waals surface area contributed by atoms with Gasteiger partial charge in [-0.25, -0.2) is 4.98 Å². The van der Waals surface area contributed by atoms with Crippen LogP contribution in [0.3, 0.4) is 0 Å². The second kappa shape index (κ2) is 5.77. The molecule has 2 aromatic carbocycles. The van der Waals surface area contributed by atoms with E-state index in [0.29, 0.717) is 11.5 Å². The summed E-state index contributed by atoms with van der Waals surface area (Å²) in [6.45, 7) is 0. The van der Waals surface area contributed by atoms with E-state index in [0.717, 1.165) is 23.9 Å². The van der Waals surface area contributed by atoms with Crippen molar-refractivity contribution in [2.24, 2.45) is 0 Å². The summed E-state index contributed by atoms with van der Waals surface area (Å²) in [6, 6.07) is 15.7. The van der Waals surface area contributed by atoms with E-state index < -0.39 is 0 Å². The molecule has 0 atom stereocenters. The predicted octanol–water partition coefficient (Wildman–Crippen LogP) is 3.17. The lowest BCUT2D eigenvalue weighted by Crippen LogP contribution is -2.15. The van der Waals surface area contributed by atoms with Crippen LogP contribution in [0.15, 0.2) is 61.2 Å². The highest BCUT2D eigenvalue weighted by Crippen LogP contribution is 2.35. The zero-order chi connectivity index (χ0) is 17.5. The first-order valence-electron chi connectivity index (χ1n) is 8.46. The van der Waals surface area contributed by atoms with Crippen LogP contribution in [-0.2, 0) is 12.8 Å². The molecular weight excluding hydrogens is 326 g/mol. The molecule has 0 radical (unpaired) electrons. The van der Waals surface area contributed by atoms with Crippen molar-refractivity contribution in [3.8, 4) is 5.82 Å². The maximum atomic E-state index is 12.8. The van der Waals surface area contributed by atoms with Gasteiger partial charge in [-0.05, 0) is 47.6 Å². The fourth-order valence-electron chi connectivity index (χ4n) is 3.55. The number of hydrogen-bond donors (Lipinski definition) is 1. The van der Waals surface area contributed by atoms with Gasteiger partial charge in [0.05, 0.1) is 0 Å². The Morgan fingerprint density at radius 1 is 0.923 bits per heavy atom. The Hall–Kier alpha value is -3.54. The zero-order valence-corrected chi connectivity index (χ0v) is 13.9. The van der Waals surface area contributed by atoms with Crippen molar-refractivity contribution in [1.82, 2.24) is 19.7 Å². The van der Waals surface area contributed by atoms with E-state index in [-0.39, 0.29) is 5.91 Å². The van der Waals surface area contributed by atoms with Gasteiger partial charge < -0.3 is 5.32 Å². The van der Waals surface area contributed by atoms with E-state index in [1.165, 1.54) is 16.5 Å². The average molecular weight is 341 g/mol. The van der Waals surface area contributed by atoms with Gasteiger partial charge in [0.2, 0.25) is 0 Å². The first-order valence-corrected chi connectivity index (χ1v) is 8.46. The molecule has 2 heterocycles. The summed E-state index contributed by atoms with van der Waals surface area (Å²) in [6.07, 6.45) is 5.22. The number of amides is 1. The van der Waals surface area contributed by atoms with E-state index in [2.05, 4.69) is 38.7 Å². The molecule has 1 N–H and O–H groups in total. The minimum Gasteiger partial charge on any atom is -0.320 e. The molecule has 1 aliphatic carbocycles. The van der Waals surface area contributed by atoms with Crippen molar-refractivity contribution in [3.05, 3.63) is 78.0 Å². The highest BCUT2D eigenvalue weighted by Gasteiger charge is 2.17. The third-order valence-electron chi connectivity index (χ3n) is 4.78. The highest BCUT2D eigenvalue weighted by molar-refractivity contribution is 6.09. The first kappa shape index (κ1) is 14.8. The molecule has 0 unspecified atom stereocenters. The van der Waals surface area contributed by atoms with Crippen LogP contribution < -0.4 is 5.32 Å². The molecule has 0 fully saturated rings. The maximum Gasteiger partial charge on any atom is 0.274 e. The fourth-order valence-corrected chi connectivity index (χ4v) is 3.55. The first-order chi connectivity index (χ1) is 12.8. The Bertz CT molecular complexity index is 1120. The van der Waals surface area contributed by atoms with E-state index in [1.807, 2.05) is 12.1 Å². The fraction of sp³-hybridized carbons (Fsp3) is 0.100. The van der Waals surface area contributed by atoms with E-state index in [1.54, 1.807) is 35.4 Å². The van der Waals surface area contributed by atoms with Crippen molar-refractivity contribution < 1.29 is 4.79 Å². The number of hydrogen-bond acceptors (Lipinski definition) is 4. The Labute approximate surface area is 149 Å². The minimum absolute atomic E-state index is 0.237. The number of carbonyl (C=O) groups is 1. The van der Waals surface area contributed by atoms with Gasteiger partial charge in [0, 0.05) is 11.1 Å². The van der Waals surface area contributed by atoms with Crippen molar-refractivity contribution in [3.63, 3.8) is 0 Å². The molecule has 126 valence electrons. The molecule has 6 heteroatoms. The summed E-state index contributed by atoms with van der Waals surface area (Å²) in [5, 5.41) is 12.9. The van der Waals surface area contributed by atoms with Crippen LogP contribution in [0, 0.1) is 0 Å². The van der Waals surface area contributed by atoms with Gasteiger partial charge in [0.15, 0.2) is 0 Å². The van der Waals surface area contributed by atoms with Crippen LogP contribution in [0.25, 0.3) is 16.6 Å². The Balaban J connectivity index is 1.50. The lowest BCUT2D eigenvalue weighted by atomic mass is 10.0. The second-order valence-corrected chi connectivity index (χ2v) is 6.32. The number of rotatable bonds is 3. The lowest BCUT2D eigenvalue weighted by Gasteiger charge is -2.11. The maximum absolute atomic E-state index is 12.8. The zero-order valence-electron chi connectivity index (χ0n) is 13.9. The number of anilines is 1. The largest absolute Gasteiger partial charge is 0.320 e. The number of pyridine rings is 1. The number of nitrogens with one attached hydrogen (secondary N) is 1. The molecule has 6 nitrogen and oxygen atoms in total. The third-order valence-corrected chi connectivity index (χ3v) is 4.78. The molecule has 0 aliphatic heterocycles. The minimum atomic E-state index is -0.237. The molecule has 5 rings (SSSR count). The molecule has 4 aromatic rings. The summed E-state index contributed by atoms with van der Waals surface area (Å²) >= 11 is 0. The Kier molecular flexibility index (Phi) is 3.28. The summed E-state index contributed by atoms with van der Waals surface area (Å²) in [5.74, 6) is 0.363. The normalized spacial score (nSPS) is 12.5. The highest BCUT2D eigenvalue weighted by atomic mass is 16.1. The molecule has 0 bridgehead atoms. The SMILES string of the molecule is O=C(Nc1ccc2c3c(cccc13)CC2)c1cccc(-n2cnnc2)n1. The topological polar surface area (TPSA) is 72.7 Å². The smallest absolute Gasteiger partial charge is 0.274 e. The van der Waals surface area contributed by atoms with Crippen molar-refractivity contribution in [2.75, 3.05) is 5.32 Å². The average Bonchev–Trinajstić information content (AvgIpc) is 3.35. The van der Waals surface area contributed by atoms with Crippen molar-refractivity contribution >= 4 is 22.4 Å². The number of benzene rings is 2. The predicted molar refractivity (Wildman–Crippen MR) is 98.5 cm³/mol. The summed E-state index contributed by atoms with van der Waals surface area (Å²) in [4.78, 5) is 17.2. The van der Waals surface area contributed by atoms with Gasteiger partial charge in [-0.15, -0.1) is 10.2 Å². The van der Waals surface area contributed by atoms with Crippen LogP contribution in [0.5, 0.6) is 0 Å². The second-order valence-electron chi connectivity index (χ2n) is 6.32. The van der Waals surface area contributed by atoms with E-state index >= 15 is 0 Å². The molecular formula is C20H15N5O. The van der Waals surface area contributed by atoms with Crippen molar-refractivity contribution in [2.45, 2.75) is 12.8 Å². The van der Waals surface area contributed by atoms with Gasteiger partial charge in [-0.3, -0.25) is 9.36 Å². The van der Waals surface area contributed by atoms with Gasteiger partial charge in [0.1, 0.15) is 24.2 Å². The number of aryl methyl sites for hydroxylation is 2. The number of aromatic nitrogens is 4. The summed E-state index contributed by atoms with van der Waals surface area (Å²) < 4.78 is 1.66. The van der Waals surface area contributed by atoms with Gasteiger partial charge in [-0.1, -0.05) is 30.3 Å². The van der Waals surface area contributed by atoms with E-state index in [9.17, 15) is 4.79 Å². The Morgan fingerprint density at radius 2 is 1.69 bits per heavy atom. The lowest BCUT2D eigenvalue weighted by molar-refractivity contribution is 0.102. The molecule has 1 amide bonds. The third kappa shape index (κ3) is 2.35. The molecule has 0 spiro atoms. The quantitative estimate of drug-likeness (QED) is 0.621. The van der Waals surface area contributed by atoms with Gasteiger partial charge in [0.25, 0.3) is 5.91 Å². The molecule has 2 aromatic heterocycles. The van der Waals surface area contributed by atoms with Crippen LogP contribution in [0.4, 0.5) is 5.69 Å². The van der Waals surface area contributed by atoms with Gasteiger partial charge >= 0.3 is 0 Å². The molecule has 0 saturated heterocycles. The summed E-state index contributed by atoms with van der Waals surface area (Å²) in [7, 11) is 0. The standard InChI is InChI=1S/C20H15N5O/c26-20(17-5-2-6-18(23-17)25-11-21-22-12-25)24-16-10-9-14-8-7-13-3-1-4-15(16)19(13)14/h1-6,9-12H,7-8H2,(H,24,26). The number of nitrogens with zero attached hydrogens (tertiary/aromatic N) is 4.